The van der Waals surface area contributed by atoms with Crippen molar-refractivity contribution in [2.24, 2.45) is 5.92 Å². The molecular formula is C15H26N2O5. The summed E-state index contributed by atoms with van der Waals surface area (Å²) < 4.78 is 5.07. The van der Waals surface area contributed by atoms with Crippen molar-refractivity contribution in [3.05, 3.63) is 12.2 Å². The first-order valence-electron chi connectivity index (χ1n) is 7.13. The van der Waals surface area contributed by atoms with Crippen LogP contribution >= 0.6 is 0 Å². The van der Waals surface area contributed by atoms with Gasteiger partial charge in [0.1, 0.15) is 11.6 Å². The van der Waals surface area contributed by atoms with E-state index in [9.17, 15) is 14.4 Å². The zero-order valence-electron chi connectivity index (χ0n) is 14.0. The number of amides is 2. The third-order valence-corrected chi connectivity index (χ3v) is 2.60. The highest BCUT2D eigenvalue weighted by Gasteiger charge is 2.23. The SMILES string of the molecule is CC(C)[C@@H](/C=C/C(=O)O)NC(=O)[C@H](C)NC(=O)OC(C)(C)C. The predicted molar refractivity (Wildman–Crippen MR) is 82.4 cm³/mol. The lowest BCUT2D eigenvalue weighted by Crippen LogP contribution is -2.49. The summed E-state index contributed by atoms with van der Waals surface area (Å²) in [5, 5.41) is 13.8. The minimum Gasteiger partial charge on any atom is -0.478 e. The lowest BCUT2D eigenvalue weighted by atomic mass is 10.0. The van der Waals surface area contributed by atoms with Crippen LogP contribution in [0.5, 0.6) is 0 Å². The Morgan fingerprint density at radius 1 is 1.09 bits per heavy atom. The average molecular weight is 314 g/mol. The summed E-state index contributed by atoms with van der Waals surface area (Å²) in [6.07, 6.45) is 1.71. The van der Waals surface area contributed by atoms with Gasteiger partial charge in [0.2, 0.25) is 5.91 Å². The summed E-state index contributed by atoms with van der Waals surface area (Å²) in [5.41, 5.74) is -0.648. The van der Waals surface area contributed by atoms with Crippen molar-refractivity contribution in [1.82, 2.24) is 10.6 Å². The highest BCUT2D eigenvalue weighted by molar-refractivity contribution is 5.86. The minimum atomic E-state index is -1.08. The number of aliphatic carboxylic acids is 1. The van der Waals surface area contributed by atoms with Crippen molar-refractivity contribution >= 4 is 18.0 Å². The molecule has 3 N–H and O–H groups in total. The van der Waals surface area contributed by atoms with Crippen LogP contribution in [0.4, 0.5) is 4.79 Å². The van der Waals surface area contributed by atoms with Gasteiger partial charge in [-0.05, 0) is 33.6 Å². The molecular weight excluding hydrogens is 288 g/mol. The number of alkyl carbamates (subject to hydrolysis) is 1. The van der Waals surface area contributed by atoms with Crippen LogP contribution in [0.15, 0.2) is 12.2 Å². The van der Waals surface area contributed by atoms with Crippen molar-refractivity contribution in [3.8, 4) is 0 Å². The summed E-state index contributed by atoms with van der Waals surface area (Å²) in [6, 6.07) is -1.24. The molecule has 0 rings (SSSR count). The zero-order chi connectivity index (χ0) is 17.5. The van der Waals surface area contributed by atoms with E-state index in [-0.39, 0.29) is 5.92 Å². The first-order chi connectivity index (χ1) is 9.92. The molecule has 0 fully saturated rings. The maximum atomic E-state index is 12.0. The maximum absolute atomic E-state index is 12.0. The lowest BCUT2D eigenvalue weighted by Gasteiger charge is -2.24. The number of nitrogens with one attached hydrogen (secondary N) is 2. The van der Waals surface area contributed by atoms with Gasteiger partial charge >= 0.3 is 12.1 Å². The molecule has 0 heterocycles. The van der Waals surface area contributed by atoms with Crippen molar-refractivity contribution in [3.63, 3.8) is 0 Å². The Morgan fingerprint density at radius 3 is 2.05 bits per heavy atom. The van der Waals surface area contributed by atoms with Crippen LogP contribution in [0, 0.1) is 5.92 Å². The Labute approximate surface area is 131 Å². The van der Waals surface area contributed by atoms with Gasteiger partial charge in [0, 0.05) is 6.08 Å². The van der Waals surface area contributed by atoms with Crippen LogP contribution in [-0.2, 0) is 14.3 Å². The minimum absolute atomic E-state index is 0.00766. The van der Waals surface area contributed by atoms with Crippen molar-refractivity contribution in [2.75, 3.05) is 0 Å². The summed E-state index contributed by atoms with van der Waals surface area (Å²) in [6.45, 7) is 10.4. The van der Waals surface area contributed by atoms with Crippen molar-refractivity contribution < 1.29 is 24.2 Å². The maximum Gasteiger partial charge on any atom is 0.408 e. The summed E-state index contributed by atoms with van der Waals surface area (Å²) >= 11 is 0. The highest BCUT2D eigenvalue weighted by Crippen LogP contribution is 2.07. The second-order valence-corrected chi connectivity index (χ2v) is 6.34. The van der Waals surface area contributed by atoms with Crippen molar-refractivity contribution in [2.45, 2.75) is 59.2 Å². The molecule has 0 saturated heterocycles. The summed E-state index contributed by atoms with van der Waals surface area (Å²) in [7, 11) is 0. The van der Waals surface area contributed by atoms with Gasteiger partial charge in [-0.15, -0.1) is 0 Å². The molecule has 2 amide bonds. The van der Waals surface area contributed by atoms with E-state index < -0.39 is 35.7 Å². The third-order valence-electron chi connectivity index (χ3n) is 2.60. The summed E-state index contributed by atoms with van der Waals surface area (Å²) in [4.78, 5) is 34.2. The molecule has 0 aliphatic carbocycles. The number of carbonyl (C=O) groups excluding carboxylic acids is 2. The normalized spacial score (nSPS) is 14.5. The molecule has 0 spiro atoms. The van der Waals surface area contributed by atoms with E-state index in [2.05, 4.69) is 10.6 Å². The van der Waals surface area contributed by atoms with E-state index in [1.165, 1.54) is 13.0 Å². The number of carboxylic acids is 1. The molecule has 0 saturated carbocycles. The fourth-order valence-electron chi connectivity index (χ4n) is 1.46. The van der Waals surface area contributed by atoms with Crippen LogP contribution < -0.4 is 10.6 Å². The number of carbonyl (C=O) groups is 3. The van der Waals surface area contributed by atoms with Gasteiger partial charge in [0.15, 0.2) is 0 Å². The molecule has 0 aromatic heterocycles. The first kappa shape index (κ1) is 19.9. The van der Waals surface area contributed by atoms with Crippen LogP contribution in [0.2, 0.25) is 0 Å². The quantitative estimate of drug-likeness (QED) is 0.647. The monoisotopic (exact) mass is 314 g/mol. The molecule has 126 valence electrons. The summed E-state index contributed by atoms with van der Waals surface area (Å²) in [5.74, 6) is -1.49. The van der Waals surface area contributed by atoms with Gasteiger partial charge < -0.3 is 20.5 Å². The molecule has 22 heavy (non-hydrogen) atoms. The number of rotatable bonds is 6. The third kappa shape index (κ3) is 8.99. The van der Waals surface area contributed by atoms with Gasteiger partial charge in [0.25, 0.3) is 0 Å². The van der Waals surface area contributed by atoms with E-state index in [1.54, 1.807) is 20.8 Å². The van der Waals surface area contributed by atoms with Crippen molar-refractivity contribution in [1.29, 1.82) is 0 Å². The number of carboxylic acid groups (broad SMARTS) is 1. The van der Waals surface area contributed by atoms with Gasteiger partial charge in [-0.1, -0.05) is 19.9 Å². The fraction of sp³-hybridized carbons (Fsp3) is 0.667. The van der Waals surface area contributed by atoms with Crippen LogP contribution in [0.25, 0.3) is 0 Å². The first-order valence-corrected chi connectivity index (χ1v) is 7.13. The molecule has 0 bridgehead atoms. The molecule has 0 radical (unpaired) electrons. The Bertz CT molecular complexity index is 438. The molecule has 0 unspecified atom stereocenters. The molecule has 0 aromatic rings. The standard InChI is InChI=1S/C15H26N2O5/c1-9(2)11(7-8-12(18)19)17-13(20)10(3)16-14(21)22-15(4,5)6/h7-11H,1-6H3,(H,16,21)(H,17,20)(H,18,19)/b8-7+/t10-,11+/m0/s1. The molecule has 2 atom stereocenters. The topological polar surface area (TPSA) is 105 Å². The number of hydrogen-bond donors (Lipinski definition) is 3. The molecule has 7 heteroatoms. The highest BCUT2D eigenvalue weighted by atomic mass is 16.6. The second kappa shape index (κ2) is 8.41. The number of ether oxygens (including phenoxy) is 1. The predicted octanol–water partition coefficient (Wildman–Crippen LogP) is 1.68. The van der Waals surface area contributed by atoms with Gasteiger partial charge in [0.05, 0.1) is 6.04 Å². The molecule has 0 aliphatic rings. The van der Waals surface area contributed by atoms with Crippen LogP contribution in [-0.4, -0.2) is 40.8 Å². The lowest BCUT2D eigenvalue weighted by molar-refractivity contribution is -0.131. The Hall–Kier alpha value is -2.05. The van der Waals surface area contributed by atoms with E-state index in [0.717, 1.165) is 6.08 Å². The van der Waals surface area contributed by atoms with Gasteiger partial charge in [-0.2, -0.15) is 0 Å². The average Bonchev–Trinajstić information content (AvgIpc) is 2.30. The van der Waals surface area contributed by atoms with Gasteiger partial charge in [-0.3, -0.25) is 4.79 Å². The number of hydrogen-bond acceptors (Lipinski definition) is 4. The molecule has 7 nitrogen and oxygen atoms in total. The Morgan fingerprint density at radius 2 is 1.64 bits per heavy atom. The smallest absolute Gasteiger partial charge is 0.408 e. The van der Waals surface area contributed by atoms with E-state index in [0.29, 0.717) is 0 Å². The fourth-order valence-corrected chi connectivity index (χ4v) is 1.46. The molecule has 0 aliphatic heterocycles. The van der Waals surface area contributed by atoms with Crippen LogP contribution in [0.1, 0.15) is 41.5 Å². The van der Waals surface area contributed by atoms with E-state index in [1.807, 2.05) is 13.8 Å². The van der Waals surface area contributed by atoms with E-state index in [4.69, 9.17) is 9.84 Å². The Kier molecular flexibility index (Phi) is 7.62. The Balaban J connectivity index is 4.61. The largest absolute Gasteiger partial charge is 0.478 e. The van der Waals surface area contributed by atoms with E-state index >= 15 is 0 Å². The molecule has 0 aromatic carbocycles. The van der Waals surface area contributed by atoms with Crippen LogP contribution in [0.3, 0.4) is 0 Å². The zero-order valence-corrected chi connectivity index (χ0v) is 14.0. The second-order valence-electron chi connectivity index (χ2n) is 6.34. The van der Waals surface area contributed by atoms with Gasteiger partial charge in [-0.25, -0.2) is 9.59 Å².